The van der Waals surface area contributed by atoms with E-state index in [9.17, 15) is 0 Å². The number of rotatable bonds is 4. The summed E-state index contributed by atoms with van der Waals surface area (Å²) in [6.45, 7) is 1.69. The third-order valence-electron chi connectivity index (χ3n) is 3.62. The van der Waals surface area contributed by atoms with E-state index in [0.717, 1.165) is 13.1 Å². The third-order valence-corrected chi connectivity index (χ3v) is 3.62. The first-order valence-electron chi connectivity index (χ1n) is 6.49. The fourth-order valence-corrected chi connectivity index (χ4v) is 2.41. The molecule has 1 heterocycles. The fraction of sp³-hybridized carbons (Fsp3) is 0.615. The van der Waals surface area contributed by atoms with Crippen LogP contribution in [0.1, 0.15) is 31.4 Å². The van der Waals surface area contributed by atoms with E-state index in [4.69, 9.17) is 11.0 Å². The van der Waals surface area contributed by atoms with E-state index in [0.29, 0.717) is 23.5 Å². The van der Waals surface area contributed by atoms with Gasteiger partial charge in [0.1, 0.15) is 11.8 Å². The second kappa shape index (κ2) is 6.31. The Morgan fingerprint density at radius 3 is 2.72 bits per heavy atom. The van der Waals surface area contributed by atoms with Crippen molar-refractivity contribution >= 4 is 5.95 Å². The Morgan fingerprint density at radius 2 is 2.06 bits per heavy atom. The Balaban J connectivity index is 1.80. The molecule has 1 aliphatic rings. The van der Waals surface area contributed by atoms with Gasteiger partial charge in [0.05, 0.1) is 0 Å². The van der Waals surface area contributed by atoms with Crippen LogP contribution >= 0.6 is 0 Å². The van der Waals surface area contributed by atoms with Gasteiger partial charge in [0, 0.05) is 12.7 Å². The smallest absolute Gasteiger partial charge is 0.223 e. The molecule has 18 heavy (non-hydrogen) atoms. The van der Waals surface area contributed by atoms with E-state index in [1.807, 2.05) is 6.07 Å². The minimum absolute atomic E-state index is 0.402. The van der Waals surface area contributed by atoms with Crippen molar-refractivity contribution in [3.8, 4) is 6.07 Å². The summed E-state index contributed by atoms with van der Waals surface area (Å²) < 4.78 is 0. The molecule has 1 aromatic rings. The molecular formula is C13H19N5. The van der Waals surface area contributed by atoms with Crippen LogP contribution in [0, 0.1) is 23.2 Å². The van der Waals surface area contributed by atoms with Crippen LogP contribution in [0.25, 0.3) is 0 Å². The number of nitriles is 1. The molecule has 96 valence electrons. The summed E-state index contributed by atoms with van der Waals surface area (Å²) >= 11 is 0. The average Bonchev–Trinajstić information content (AvgIpc) is 2.46. The molecule has 1 aliphatic carbocycles. The van der Waals surface area contributed by atoms with Crippen molar-refractivity contribution in [3.05, 3.63) is 18.0 Å². The van der Waals surface area contributed by atoms with Crippen LogP contribution in [0.4, 0.5) is 5.95 Å². The van der Waals surface area contributed by atoms with E-state index < -0.39 is 0 Å². The van der Waals surface area contributed by atoms with Crippen LogP contribution in [-0.2, 0) is 0 Å². The van der Waals surface area contributed by atoms with Gasteiger partial charge in [-0.3, -0.25) is 0 Å². The summed E-state index contributed by atoms with van der Waals surface area (Å²) in [4.78, 5) is 8.21. The van der Waals surface area contributed by atoms with Crippen molar-refractivity contribution in [1.29, 1.82) is 5.26 Å². The summed E-state index contributed by atoms with van der Waals surface area (Å²) in [6.07, 6.45) is 6.49. The van der Waals surface area contributed by atoms with E-state index in [1.165, 1.54) is 25.7 Å². The fourth-order valence-electron chi connectivity index (χ4n) is 2.41. The normalized spacial score (nSPS) is 23.3. The Bertz CT molecular complexity index is 418. The molecule has 0 spiro atoms. The molecule has 0 unspecified atom stereocenters. The quantitative estimate of drug-likeness (QED) is 0.839. The van der Waals surface area contributed by atoms with Crippen LogP contribution in [0.5, 0.6) is 0 Å². The standard InChI is InChI=1S/C13H19N5/c14-7-10-1-3-11(4-2-10)9-17-13-16-6-5-12(8-15)18-13/h5-6,10-11H,1-4,7,9,14H2,(H,16,17,18). The molecule has 5 nitrogen and oxygen atoms in total. The number of aromatic nitrogens is 2. The second-order valence-electron chi connectivity index (χ2n) is 4.88. The van der Waals surface area contributed by atoms with Crippen LogP contribution < -0.4 is 11.1 Å². The monoisotopic (exact) mass is 245 g/mol. The first-order chi connectivity index (χ1) is 8.81. The first kappa shape index (κ1) is 12.8. The number of nitrogens with one attached hydrogen (secondary N) is 1. The topological polar surface area (TPSA) is 87.6 Å². The second-order valence-corrected chi connectivity index (χ2v) is 4.88. The lowest BCUT2D eigenvalue weighted by molar-refractivity contribution is 0.289. The van der Waals surface area contributed by atoms with E-state index in [-0.39, 0.29) is 0 Å². The maximum atomic E-state index is 8.76. The van der Waals surface area contributed by atoms with Gasteiger partial charge in [-0.1, -0.05) is 0 Å². The molecule has 0 aromatic carbocycles. The largest absolute Gasteiger partial charge is 0.354 e. The van der Waals surface area contributed by atoms with Crippen molar-refractivity contribution in [3.63, 3.8) is 0 Å². The summed E-state index contributed by atoms with van der Waals surface area (Å²) in [5, 5.41) is 12.0. The Labute approximate surface area is 107 Å². The van der Waals surface area contributed by atoms with E-state index in [1.54, 1.807) is 12.3 Å². The van der Waals surface area contributed by atoms with Gasteiger partial charge in [0.15, 0.2) is 0 Å². The first-order valence-corrected chi connectivity index (χ1v) is 6.49. The zero-order valence-corrected chi connectivity index (χ0v) is 10.5. The number of nitrogens with zero attached hydrogens (tertiary/aromatic N) is 3. The van der Waals surface area contributed by atoms with Crippen molar-refractivity contribution in [2.45, 2.75) is 25.7 Å². The molecule has 1 fully saturated rings. The molecule has 0 saturated heterocycles. The van der Waals surface area contributed by atoms with Gasteiger partial charge >= 0.3 is 0 Å². The van der Waals surface area contributed by atoms with Crippen molar-refractivity contribution in [2.75, 3.05) is 18.4 Å². The maximum absolute atomic E-state index is 8.76. The number of nitrogens with two attached hydrogens (primary N) is 1. The Morgan fingerprint density at radius 1 is 1.33 bits per heavy atom. The highest BCUT2D eigenvalue weighted by atomic mass is 15.1. The number of anilines is 1. The zero-order chi connectivity index (χ0) is 12.8. The highest BCUT2D eigenvalue weighted by Crippen LogP contribution is 2.27. The van der Waals surface area contributed by atoms with Gasteiger partial charge in [-0.25, -0.2) is 9.97 Å². The van der Waals surface area contributed by atoms with Crippen LogP contribution in [0.3, 0.4) is 0 Å². The van der Waals surface area contributed by atoms with Gasteiger partial charge in [-0.2, -0.15) is 5.26 Å². The van der Waals surface area contributed by atoms with Crippen LogP contribution in [0.15, 0.2) is 12.3 Å². The summed E-state index contributed by atoms with van der Waals surface area (Å²) in [5.74, 6) is 1.93. The minimum atomic E-state index is 0.402. The molecule has 1 aromatic heterocycles. The summed E-state index contributed by atoms with van der Waals surface area (Å²) in [6, 6.07) is 3.62. The molecule has 2 rings (SSSR count). The lowest BCUT2D eigenvalue weighted by Crippen LogP contribution is -2.25. The molecule has 0 amide bonds. The molecule has 0 radical (unpaired) electrons. The SMILES string of the molecule is N#Cc1ccnc(NCC2CCC(CN)CC2)n1. The van der Waals surface area contributed by atoms with E-state index >= 15 is 0 Å². The van der Waals surface area contributed by atoms with Gasteiger partial charge in [0.2, 0.25) is 5.95 Å². The predicted molar refractivity (Wildman–Crippen MR) is 69.7 cm³/mol. The predicted octanol–water partition coefficient (Wildman–Crippen LogP) is 1.53. The van der Waals surface area contributed by atoms with Gasteiger partial charge in [-0.15, -0.1) is 0 Å². The maximum Gasteiger partial charge on any atom is 0.223 e. The average molecular weight is 245 g/mol. The lowest BCUT2D eigenvalue weighted by Gasteiger charge is -2.27. The number of hydrogen-bond acceptors (Lipinski definition) is 5. The highest BCUT2D eigenvalue weighted by molar-refractivity contribution is 5.29. The third kappa shape index (κ3) is 3.41. The molecule has 0 atom stereocenters. The molecule has 0 bridgehead atoms. The molecule has 3 N–H and O–H groups in total. The van der Waals surface area contributed by atoms with Crippen molar-refractivity contribution in [1.82, 2.24) is 9.97 Å². The van der Waals surface area contributed by atoms with Crippen LogP contribution in [0.2, 0.25) is 0 Å². The zero-order valence-electron chi connectivity index (χ0n) is 10.5. The van der Waals surface area contributed by atoms with Crippen molar-refractivity contribution < 1.29 is 0 Å². The van der Waals surface area contributed by atoms with E-state index in [2.05, 4.69) is 15.3 Å². The molecule has 5 heteroatoms. The Hall–Kier alpha value is -1.67. The van der Waals surface area contributed by atoms with Gasteiger partial charge in [0.25, 0.3) is 0 Å². The summed E-state index contributed by atoms with van der Waals surface area (Å²) in [7, 11) is 0. The highest BCUT2D eigenvalue weighted by Gasteiger charge is 2.20. The number of hydrogen-bond donors (Lipinski definition) is 2. The van der Waals surface area contributed by atoms with Gasteiger partial charge < -0.3 is 11.1 Å². The Kier molecular flexibility index (Phi) is 4.48. The lowest BCUT2D eigenvalue weighted by atomic mass is 9.82. The molecule has 0 aliphatic heterocycles. The minimum Gasteiger partial charge on any atom is -0.354 e. The summed E-state index contributed by atoms with van der Waals surface area (Å²) in [5.41, 5.74) is 6.08. The van der Waals surface area contributed by atoms with Gasteiger partial charge in [-0.05, 0) is 50.1 Å². The van der Waals surface area contributed by atoms with Crippen LogP contribution in [-0.4, -0.2) is 23.1 Å². The van der Waals surface area contributed by atoms with Crippen molar-refractivity contribution in [2.24, 2.45) is 17.6 Å². The molecule has 1 saturated carbocycles. The molecular weight excluding hydrogens is 226 g/mol.